The van der Waals surface area contributed by atoms with Gasteiger partial charge in [0.15, 0.2) is 0 Å². The molecule has 0 spiro atoms. The van der Waals surface area contributed by atoms with Crippen molar-refractivity contribution in [2.24, 2.45) is 0 Å². The van der Waals surface area contributed by atoms with Crippen molar-refractivity contribution in [3.63, 3.8) is 0 Å². The van der Waals surface area contributed by atoms with Crippen molar-refractivity contribution < 1.29 is 54.8 Å². The van der Waals surface area contributed by atoms with Gasteiger partial charge < -0.3 is 27.2 Å². The number of aliphatic carboxylic acids is 2. The van der Waals surface area contributed by atoms with Gasteiger partial charge in [0, 0.05) is 22.1 Å². The predicted octanol–water partition coefficient (Wildman–Crippen LogP) is 0.700. The van der Waals surface area contributed by atoms with Gasteiger partial charge >= 0.3 is 41.5 Å². The number of nitrogens with two attached hydrogens (primary N) is 2. The number of carbonyl (C=O) groups is 2. The monoisotopic (exact) mass is 426 g/mol. The molecule has 0 fully saturated rings. The van der Waals surface area contributed by atoms with E-state index in [1.165, 1.54) is 5.56 Å². The summed E-state index contributed by atoms with van der Waals surface area (Å²) < 4.78 is 0. The maximum Gasteiger partial charge on any atom is 1.00 e. The van der Waals surface area contributed by atoms with Crippen molar-refractivity contribution in [2.45, 2.75) is 6.92 Å². The van der Waals surface area contributed by atoms with Gasteiger partial charge in [-0.25, -0.2) is 9.59 Å². The second kappa shape index (κ2) is 18.4. The topological polar surface area (TPSA) is 157 Å². The molecule has 0 radical (unpaired) electrons. The summed E-state index contributed by atoms with van der Waals surface area (Å²) in [6.45, 7) is 2.09. The van der Waals surface area contributed by atoms with E-state index in [0.717, 1.165) is 11.4 Å². The minimum absolute atomic E-state index is 0. The van der Waals surface area contributed by atoms with E-state index in [1.54, 1.807) is 34.0 Å². The minimum Gasteiger partial charge on any atom is -0.870 e. The van der Waals surface area contributed by atoms with Crippen molar-refractivity contribution in [1.82, 2.24) is 0 Å². The van der Waals surface area contributed by atoms with Gasteiger partial charge in [0.1, 0.15) is 0 Å². The maximum absolute atomic E-state index is 9.10. The van der Waals surface area contributed by atoms with Crippen LogP contribution in [-0.4, -0.2) is 27.6 Å². The summed E-state index contributed by atoms with van der Waals surface area (Å²) in [7, 11) is 0. The summed E-state index contributed by atoms with van der Waals surface area (Å²) in [4.78, 5) is 18.2. The normalized spacial score (nSPS) is 7.73. The third-order valence-corrected chi connectivity index (χ3v) is 4.14. The molecule has 3 rings (SSSR count). The third-order valence-electron chi connectivity index (χ3n) is 1.93. The molecule has 138 valence electrons. The number of aryl methyl sites for hydroxylation is 1. The molecule has 3 aromatic rings. The van der Waals surface area contributed by atoms with E-state index in [9.17, 15) is 0 Å². The van der Waals surface area contributed by atoms with Crippen molar-refractivity contribution in [1.29, 1.82) is 0 Å². The Labute approximate surface area is 185 Å². The standard InChI is InChI=1S/C5H6S.2C4H5NS.C2H2O4.Na.H2O/c1-5-2-3-6-4-5;2*5-4-1-2-6-3-4;3-1(4)2(5)6;;/h2-4H,1H3;2*1-3H,5H2;(H,3,4)(H,5,6);;1H2/q;;;;+1;/p-1. The Bertz CT molecular complexity index is 586. The summed E-state index contributed by atoms with van der Waals surface area (Å²) in [6.07, 6.45) is 0. The Balaban J connectivity index is -0.000000264. The molecular weight excluding hydrogens is 407 g/mol. The second-order valence-electron chi connectivity index (χ2n) is 4.02. The van der Waals surface area contributed by atoms with E-state index >= 15 is 0 Å². The van der Waals surface area contributed by atoms with Crippen molar-refractivity contribution in [3.05, 3.63) is 56.0 Å². The molecule has 7 nitrogen and oxygen atoms in total. The number of hydrogen-bond acceptors (Lipinski definition) is 8. The van der Waals surface area contributed by atoms with Gasteiger partial charge in [0.05, 0.1) is 0 Å². The number of rotatable bonds is 0. The number of carboxylic acids is 2. The molecule has 3 aromatic heterocycles. The van der Waals surface area contributed by atoms with Crippen LogP contribution in [-0.2, 0) is 9.59 Å². The summed E-state index contributed by atoms with van der Waals surface area (Å²) in [5.41, 5.74) is 13.7. The van der Waals surface area contributed by atoms with Gasteiger partial charge in [-0.1, -0.05) is 0 Å². The number of anilines is 2. The Morgan fingerprint density at radius 3 is 1.23 bits per heavy atom. The molecule has 0 aliphatic heterocycles. The molecule has 0 saturated heterocycles. The van der Waals surface area contributed by atoms with E-state index in [1.807, 2.05) is 33.7 Å². The van der Waals surface area contributed by atoms with E-state index in [2.05, 4.69) is 23.8 Å². The molecule has 7 N–H and O–H groups in total. The molecule has 0 saturated carbocycles. The molecule has 3 heterocycles. The van der Waals surface area contributed by atoms with Crippen LogP contribution in [0.4, 0.5) is 11.4 Å². The van der Waals surface area contributed by atoms with Crippen LogP contribution < -0.4 is 41.0 Å². The van der Waals surface area contributed by atoms with Crippen molar-refractivity contribution in [2.75, 3.05) is 11.5 Å². The average Bonchev–Trinajstić information content (AvgIpc) is 3.26. The number of hydrogen-bond donors (Lipinski definition) is 4. The number of thiophene rings is 3. The summed E-state index contributed by atoms with van der Waals surface area (Å²) in [5, 5.41) is 26.7. The van der Waals surface area contributed by atoms with E-state index in [-0.39, 0.29) is 35.0 Å². The predicted molar refractivity (Wildman–Crippen MR) is 104 cm³/mol. The Morgan fingerprint density at radius 2 is 1.15 bits per heavy atom. The molecule has 26 heavy (non-hydrogen) atoms. The van der Waals surface area contributed by atoms with Crippen LogP contribution in [0, 0.1) is 6.92 Å². The fourth-order valence-corrected chi connectivity index (χ4v) is 2.65. The maximum atomic E-state index is 9.10. The molecular formula is C15H19N2NaO5S3. The molecule has 0 aromatic carbocycles. The molecule has 0 aliphatic rings. The zero-order valence-corrected chi connectivity index (χ0v) is 18.7. The minimum atomic E-state index is -1.82. The first-order valence-electron chi connectivity index (χ1n) is 6.33. The van der Waals surface area contributed by atoms with Gasteiger partial charge in [0.2, 0.25) is 0 Å². The van der Waals surface area contributed by atoms with Crippen LogP contribution in [0.5, 0.6) is 0 Å². The summed E-state index contributed by atoms with van der Waals surface area (Å²) in [6, 6.07) is 5.86. The molecule has 0 bridgehead atoms. The fraction of sp³-hybridized carbons (Fsp3) is 0.0667. The van der Waals surface area contributed by atoms with Gasteiger partial charge in [-0.15, -0.1) is 0 Å². The molecule has 0 unspecified atom stereocenters. The van der Waals surface area contributed by atoms with E-state index in [0.29, 0.717) is 0 Å². The fourth-order valence-electron chi connectivity index (χ4n) is 0.882. The first kappa shape index (κ1) is 29.4. The Kier molecular flexibility index (Phi) is 20.8. The number of nitrogen functional groups attached to an aromatic ring is 2. The van der Waals surface area contributed by atoms with Crippen LogP contribution in [0.3, 0.4) is 0 Å². The average molecular weight is 427 g/mol. The first-order chi connectivity index (χ1) is 11.3. The largest absolute Gasteiger partial charge is 1.00 e. The van der Waals surface area contributed by atoms with Gasteiger partial charge in [-0.05, 0) is 52.2 Å². The molecule has 0 atom stereocenters. The molecule has 0 amide bonds. The Morgan fingerprint density at radius 1 is 0.808 bits per heavy atom. The van der Waals surface area contributed by atoms with Crippen LogP contribution in [0.2, 0.25) is 0 Å². The van der Waals surface area contributed by atoms with Crippen molar-refractivity contribution >= 4 is 57.3 Å². The van der Waals surface area contributed by atoms with E-state index < -0.39 is 11.9 Å². The van der Waals surface area contributed by atoms with Gasteiger partial charge in [-0.2, -0.15) is 34.0 Å². The van der Waals surface area contributed by atoms with Crippen LogP contribution in [0.15, 0.2) is 50.5 Å². The smallest absolute Gasteiger partial charge is 0.870 e. The third kappa shape index (κ3) is 18.9. The van der Waals surface area contributed by atoms with Crippen LogP contribution in [0.25, 0.3) is 0 Å². The Hall–Kier alpha value is -1.40. The van der Waals surface area contributed by atoms with Crippen molar-refractivity contribution in [3.8, 4) is 0 Å². The molecule has 11 heteroatoms. The second-order valence-corrected chi connectivity index (χ2v) is 6.36. The SMILES string of the molecule is Cc1ccsc1.Nc1ccsc1.Nc1ccsc1.O=C(O)C(=O)O.[Na+].[OH-]. The molecule has 0 aliphatic carbocycles. The van der Waals surface area contributed by atoms with Crippen LogP contribution >= 0.6 is 34.0 Å². The van der Waals surface area contributed by atoms with Crippen LogP contribution in [0.1, 0.15) is 5.56 Å². The van der Waals surface area contributed by atoms with Gasteiger partial charge in [0.25, 0.3) is 0 Å². The zero-order valence-electron chi connectivity index (χ0n) is 14.2. The first-order valence-corrected chi connectivity index (χ1v) is 9.16. The summed E-state index contributed by atoms with van der Waals surface area (Å²) >= 11 is 4.97. The number of carboxylic acid groups (broad SMARTS) is 2. The van der Waals surface area contributed by atoms with E-state index in [4.69, 9.17) is 31.3 Å². The van der Waals surface area contributed by atoms with Gasteiger partial charge in [-0.3, -0.25) is 0 Å². The quantitative estimate of drug-likeness (QED) is 0.304. The zero-order chi connectivity index (χ0) is 18.4. The summed E-state index contributed by atoms with van der Waals surface area (Å²) in [5.74, 6) is -3.65.